The number of carbonyl (C=O) groups excluding carboxylic acids is 1. The molecule has 2 atom stereocenters. The molecule has 0 N–H and O–H groups in total. The zero-order valence-electron chi connectivity index (χ0n) is 23.5. The van der Waals surface area contributed by atoms with E-state index < -0.39 is 36.1 Å². The molecule has 236 valence electrons. The van der Waals surface area contributed by atoms with Gasteiger partial charge in [-0.15, -0.1) is 0 Å². The molecule has 0 aromatic heterocycles. The Hall–Kier alpha value is -2.48. The van der Waals surface area contributed by atoms with Crippen molar-refractivity contribution < 1.29 is 36.3 Å². The minimum absolute atomic E-state index is 0.0100. The van der Waals surface area contributed by atoms with Crippen LogP contribution in [0, 0.1) is 11.3 Å². The van der Waals surface area contributed by atoms with E-state index >= 15 is 0 Å². The number of rotatable bonds is 7. The molecular weight excluding hydrogens is 658 g/mol. The monoisotopic (exact) mass is 686 g/mol. The highest BCUT2D eigenvalue weighted by atomic mass is 35.5. The van der Waals surface area contributed by atoms with Gasteiger partial charge in [0.25, 0.3) is 0 Å². The van der Waals surface area contributed by atoms with Crippen molar-refractivity contribution in [2.75, 3.05) is 52.9 Å². The Labute approximate surface area is 264 Å². The maximum Gasteiger partial charge on any atom is 0.520 e. The number of piperazine rings is 1. The maximum atomic E-state index is 13.8. The van der Waals surface area contributed by atoms with Gasteiger partial charge < -0.3 is 9.64 Å². The molecule has 4 aliphatic heterocycles. The van der Waals surface area contributed by atoms with Gasteiger partial charge in [0.1, 0.15) is 16.4 Å². The first-order chi connectivity index (χ1) is 20.9. The lowest BCUT2D eigenvalue weighted by Crippen LogP contribution is -2.55. The predicted octanol–water partition coefficient (Wildman–Crippen LogP) is 4.12. The number of hydroxylamine groups is 4. The van der Waals surface area contributed by atoms with E-state index in [2.05, 4.69) is 9.80 Å². The summed E-state index contributed by atoms with van der Waals surface area (Å²) in [6, 6.07) is 9.27. The summed E-state index contributed by atoms with van der Waals surface area (Å²) < 4.78 is 64.3. The van der Waals surface area contributed by atoms with Gasteiger partial charge in [0, 0.05) is 55.9 Å². The number of halogens is 2. The second kappa shape index (κ2) is 12.4. The van der Waals surface area contributed by atoms with Gasteiger partial charge in [0.15, 0.2) is 6.23 Å². The largest absolute Gasteiger partial charge is 0.520 e. The van der Waals surface area contributed by atoms with Gasteiger partial charge >= 0.3 is 13.9 Å². The van der Waals surface area contributed by atoms with E-state index in [-0.39, 0.29) is 47.9 Å². The van der Waals surface area contributed by atoms with Crippen LogP contribution >= 0.6 is 31.0 Å². The normalized spacial score (nSPS) is 25.8. The molecule has 2 aromatic rings. The van der Waals surface area contributed by atoms with Crippen LogP contribution in [0.5, 0.6) is 11.5 Å². The average molecular weight is 687 g/mol. The fourth-order valence-corrected chi connectivity index (χ4v) is 8.90. The highest BCUT2D eigenvalue weighted by molar-refractivity contribution is 7.89. The Morgan fingerprint density at radius 1 is 1.00 bits per heavy atom. The van der Waals surface area contributed by atoms with Crippen LogP contribution < -0.4 is 4.74 Å². The van der Waals surface area contributed by atoms with Gasteiger partial charge in [-0.3, -0.25) is 9.42 Å². The Balaban J connectivity index is 1.15. The second-order valence-corrected chi connectivity index (χ2v) is 15.0. The van der Waals surface area contributed by atoms with E-state index in [4.69, 9.17) is 41.7 Å². The summed E-state index contributed by atoms with van der Waals surface area (Å²) >= 11 is 12.2. The summed E-state index contributed by atoms with van der Waals surface area (Å²) in [5, 5.41) is 12.0. The van der Waals surface area contributed by atoms with Crippen molar-refractivity contribution in [1.82, 2.24) is 24.2 Å². The van der Waals surface area contributed by atoms with Crippen LogP contribution in [0.25, 0.3) is 0 Å². The minimum atomic E-state index is -4.16. The molecule has 14 nitrogen and oxygen atoms in total. The first-order valence-electron chi connectivity index (χ1n) is 13.8. The van der Waals surface area contributed by atoms with Crippen LogP contribution in [-0.2, 0) is 28.4 Å². The van der Waals surface area contributed by atoms with Crippen LogP contribution in [0.1, 0.15) is 18.4 Å². The van der Waals surface area contributed by atoms with Crippen molar-refractivity contribution in [2.45, 2.75) is 30.0 Å². The highest BCUT2D eigenvalue weighted by Gasteiger charge is 2.57. The molecule has 2 bridgehead atoms. The van der Waals surface area contributed by atoms with Gasteiger partial charge in [-0.05, 0) is 56.3 Å². The number of benzene rings is 2. The summed E-state index contributed by atoms with van der Waals surface area (Å²) in [6.07, 6.45) is -0.539. The topological polar surface area (TPSA) is 145 Å². The van der Waals surface area contributed by atoms with Gasteiger partial charge in [0.05, 0.1) is 17.7 Å². The van der Waals surface area contributed by atoms with Gasteiger partial charge in [-0.25, -0.2) is 17.8 Å². The Bertz CT molecular complexity index is 1620. The Morgan fingerprint density at radius 2 is 1.66 bits per heavy atom. The number of likely N-dealkylation sites (N-methyl/N-ethyl adjacent to an activating group) is 1. The van der Waals surface area contributed by atoms with Crippen LogP contribution in [0.4, 0.5) is 4.79 Å². The molecule has 6 rings (SSSR count). The predicted molar refractivity (Wildman–Crippen MR) is 157 cm³/mol. The molecule has 4 fully saturated rings. The number of hydrogen-bond donors (Lipinski definition) is 0. The summed E-state index contributed by atoms with van der Waals surface area (Å²) in [5.74, 6) is 0.208. The second-order valence-electron chi connectivity index (χ2n) is 10.8. The number of phosphoric acid groups is 1. The molecule has 18 heteroatoms. The summed E-state index contributed by atoms with van der Waals surface area (Å²) in [7, 11) is -6.20. The number of carbonyl (C=O) groups is 1. The molecule has 2 unspecified atom stereocenters. The number of hydrogen-bond acceptors (Lipinski definition) is 11. The first-order valence-corrected chi connectivity index (χ1v) is 17.5. The van der Waals surface area contributed by atoms with Crippen molar-refractivity contribution in [3.63, 3.8) is 0 Å². The first kappa shape index (κ1) is 31.5. The lowest BCUT2D eigenvalue weighted by atomic mass is 10.1. The van der Waals surface area contributed by atoms with E-state index in [1.54, 1.807) is 0 Å². The van der Waals surface area contributed by atoms with E-state index in [9.17, 15) is 23.0 Å². The third kappa shape index (κ3) is 6.43. The molecule has 0 aliphatic carbocycles. The van der Waals surface area contributed by atoms with Crippen molar-refractivity contribution in [3.05, 3.63) is 52.0 Å². The molecule has 0 saturated carbocycles. The van der Waals surface area contributed by atoms with Gasteiger partial charge in [0.2, 0.25) is 10.0 Å². The Kier molecular flexibility index (Phi) is 8.86. The number of amides is 2. The number of piperidine rings is 1. The number of nitrogens with zero attached hydrogens (tertiary/aromatic N) is 6. The molecule has 4 heterocycles. The van der Waals surface area contributed by atoms with Crippen molar-refractivity contribution in [3.8, 4) is 17.6 Å². The summed E-state index contributed by atoms with van der Waals surface area (Å²) in [5.41, 5.74) is 0.127. The fourth-order valence-electron chi connectivity index (χ4n) is 5.42. The zero-order valence-corrected chi connectivity index (χ0v) is 26.8. The Morgan fingerprint density at radius 3 is 2.32 bits per heavy atom. The van der Waals surface area contributed by atoms with Crippen LogP contribution in [0.2, 0.25) is 10.0 Å². The molecule has 0 spiro atoms. The van der Waals surface area contributed by atoms with Crippen molar-refractivity contribution >= 4 is 47.1 Å². The van der Waals surface area contributed by atoms with Crippen molar-refractivity contribution in [1.29, 1.82) is 5.26 Å². The zero-order chi connectivity index (χ0) is 31.2. The van der Waals surface area contributed by atoms with Crippen LogP contribution in [0.15, 0.2) is 41.3 Å². The molecule has 4 aliphatic rings. The van der Waals surface area contributed by atoms with E-state index in [0.29, 0.717) is 16.6 Å². The van der Waals surface area contributed by atoms with E-state index in [1.165, 1.54) is 40.7 Å². The molecular formula is C26H29Cl2N6O8PS. The molecule has 0 radical (unpaired) electrons. The molecule has 2 aromatic carbocycles. The lowest BCUT2D eigenvalue weighted by molar-refractivity contribution is -0.163. The van der Waals surface area contributed by atoms with Crippen LogP contribution in [0.3, 0.4) is 0 Å². The number of fused-ring (bicyclic) bond motifs is 2. The van der Waals surface area contributed by atoms with E-state index in [1.807, 2.05) is 13.1 Å². The smallest absolute Gasteiger partial charge is 0.456 e. The highest BCUT2D eigenvalue weighted by Crippen LogP contribution is 2.61. The molecule has 2 amide bonds. The fraction of sp³-hybridized carbons (Fsp3) is 0.462. The quantitative estimate of drug-likeness (QED) is 0.388. The third-order valence-electron chi connectivity index (χ3n) is 7.79. The average Bonchev–Trinajstić information content (AvgIpc) is 3.27. The number of urea groups is 1. The standard InChI is InChI=1S/C26H29Cl2N6O8PS/c1-30-8-10-31(11-9-30)17-25-34-26(35)33(41-43(36,40-25)42-34)21-4-6-32(7-5-21)44(37,38)24-12-18(16-29)2-3-23(24)39-22-14-19(27)13-20(28)15-22/h2-3,12-15,21,25H,4-11,17H2,1H3. The third-order valence-corrected chi connectivity index (χ3v) is 11.4. The summed E-state index contributed by atoms with van der Waals surface area (Å²) in [4.78, 5) is 17.4. The molecule has 44 heavy (non-hydrogen) atoms. The SMILES string of the molecule is CN1CCN(CC2OP3(=O)ON(C4CCN(S(=O)(=O)c5cc(C#N)ccc5Oc5cc(Cl)cc(Cl)c5)CC4)C(=O)N2O3)CC1. The molecule has 4 saturated heterocycles. The maximum absolute atomic E-state index is 13.8. The number of sulfonamides is 1. The van der Waals surface area contributed by atoms with Crippen LogP contribution in [-0.4, -0.2) is 104 Å². The van der Waals surface area contributed by atoms with Crippen molar-refractivity contribution in [2.24, 2.45) is 0 Å². The van der Waals surface area contributed by atoms with Gasteiger partial charge in [-0.2, -0.15) is 28.9 Å². The summed E-state index contributed by atoms with van der Waals surface area (Å²) in [6.45, 7) is 3.56. The lowest BCUT2D eigenvalue weighted by Gasteiger charge is -2.39. The van der Waals surface area contributed by atoms with E-state index in [0.717, 1.165) is 36.3 Å². The number of ether oxygens (including phenoxy) is 1. The minimum Gasteiger partial charge on any atom is -0.456 e. The van der Waals surface area contributed by atoms with Gasteiger partial charge in [-0.1, -0.05) is 23.2 Å². The number of nitriles is 1.